The Kier molecular flexibility index (Phi) is 7.47. The molecule has 0 spiro atoms. The van der Waals surface area contributed by atoms with Gasteiger partial charge in [0.25, 0.3) is 0 Å². The molecule has 29 heavy (non-hydrogen) atoms. The summed E-state index contributed by atoms with van der Waals surface area (Å²) in [6, 6.07) is 13.6. The zero-order valence-corrected chi connectivity index (χ0v) is 17.3. The lowest BCUT2D eigenvalue weighted by molar-refractivity contribution is -0.142. The Labute approximate surface area is 172 Å². The lowest BCUT2D eigenvalue weighted by atomic mass is 10.2. The molecule has 1 aromatic carbocycles. The molecule has 1 aliphatic rings. The summed E-state index contributed by atoms with van der Waals surface area (Å²) in [6.45, 7) is 5.79. The molecular formula is C23H30N2O4. The molecule has 1 saturated heterocycles. The number of rotatable bonds is 9. The van der Waals surface area contributed by atoms with Gasteiger partial charge in [-0.15, -0.1) is 0 Å². The van der Waals surface area contributed by atoms with Crippen LogP contribution in [0.1, 0.15) is 43.3 Å². The number of benzene rings is 1. The molecule has 1 fully saturated rings. The molecular weight excluding hydrogens is 368 g/mol. The van der Waals surface area contributed by atoms with E-state index in [1.54, 1.807) is 9.80 Å². The minimum absolute atomic E-state index is 0.0218. The van der Waals surface area contributed by atoms with Crippen LogP contribution >= 0.6 is 0 Å². The lowest BCUT2D eigenvalue weighted by Gasteiger charge is -2.28. The van der Waals surface area contributed by atoms with Crippen LogP contribution in [0.15, 0.2) is 46.9 Å². The topological polar surface area (TPSA) is 63.0 Å². The molecule has 2 heterocycles. The van der Waals surface area contributed by atoms with Crippen molar-refractivity contribution in [2.24, 2.45) is 0 Å². The Morgan fingerprint density at radius 1 is 1.03 bits per heavy atom. The van der Waals surface area contributed by atoms with Gasteiger partial charge >= 0.3 is 0 Å². The largest absolute Gasteiger partial charge is 0.464 e. The zero-order valence-electron chi connectivity index (χ0n) is 17.3. The Hall–Kier alpha value is -2.60. The molecule has 6 heteroatoms. The first kappa shape index (κ1) is 21.1. The third-order valence-electron chi connectivity index (χ3n) is 5.14. The highest BCUT2D eigenvalue weighted by Gasteiger charge is 2.26. The fourth-order valence-electron chi connectivity index (χ4n) is 3.57. The van der Waals surface area contributed by atoms with E-state index in [2.05, 4.69) is 0 Å². The third-order valence-corrected chi connectivity index (χ3v) is 5.14. The Morgan fingerprint density at radius 2 is 1.83 bits per heavy atom. The average molecular weight is 399 g/mol. The van der Waals surface area contributed by atoms with E-state index in [0.29, 0.717) is 26.1 Å². The fraction of sp³-hybridized carbons (Fsp3) is 0.478. The second-order valence-electron chi connectivity index (χ2n) is 7.51. The molecule has 156 valence electrons. The van der Waals surface area contributed by atoms with Crippen LogP contribution in [0.4, 0.5) is 0 Å². The summed E-state index contributed by atoms with van der Waals surface area (Å²) < 4.78 is 11.4. The summed E-state index contributed by atoms with van der Waals surface area (Å²) in [5, 5.41) is 0. The Balaban J connectivity index is 1.72. The first-order valence-corrected chi connectivity index (χ1v) is 10.3. The quantitative estimate of drug-likeness (QED) is 0.648. The van der Waals surface area contributed by atoms with Gasteiger partial charge in [0, 0.05) is 26.1 Å². The number of amides is 2. The van der Waals surface area contributed by atoms with Gasteiger partial charge in [-0.05, 0) is 37.5 Å². The van der Waals surface area contributed by atoms with Crippen molar-refractivity contribution in [2.75, 3.05) is 19.7 Å². The molecule has 2 aromatic rings. The number of aryl methyl sites for hydroxylation is 1. The second kappa shape index (κ2) is 10.3. The Bertz CT molecular complexity index is 796. The molecule has 0 radical (unpaired) electrons. The van der Waals surface area contributed by atoms with Gasteiger partial charge in [-0.25, -0.2) is 0 Å². The first-order valence-electron chi connectivity index (χ1n) is 10.3. The summed E-state index contributed by atoms with van der Waals surface area (Å²) in [7, 11) is 0. The maximum Gasteiger partial charge on any atom is 0.242 e. The van der Waals surface area contributed by atoms with Crippen molar-refractivity contribution in [3.05, 3.63) is 59.5 Å². The number of carbonyl (C=O) groups excluding carboxylic acids is 2. The standard InChI is InChI=1S/C23H30N2O4/c1-3-22(26)25(15-20-10-7-13-28-20)17-23(27)24(14-19-8-5-4-6-9-19)16-21-12-11-18(2)29-21/h4-6,8-9,11-12,20H,3,7,10,13-17H2,1-2H3/t20-/m1/s1. The highest BCUT2D eigenvalue weighted by atomic mass is 16.5. The number of hydrogen-bond donors (Lipinski definition) is 0. The SMILES string of the molecule is CCC(=O)N(CC(=O)N(Cc1ccccc1)Cc1ccc(C)o1)C[C@H]1CCCO1. The molecule has 1 atom stereocenters. The fourth-order valence-corrected chi connectivity index (χ4v) is 3.57. The van der Waals surface area contributed by atoms with E-state index < -0.39 is 0 Å². The van der Waals surface area contributed by atoms with E-state index >= 15 is 0 Å². The molecule has 2 amide bonds. The molecule has 1 aliphatic heterocycles. The smallest absolute Gasteiger partial charge is 0.242 e. The highest BCUT2D eigenvalue weighted by molar-refractivity contribution is 5.84. The summed E-state index contributed by atoms with van der Waals surface area (Å²) in [6.07, 6.45) is 2.33. The maximum absolute atomic E-state index is 13.2. The van der Waals surface area contributed by atoms with Gasteiger partial charge in [0.15, 0.2) is 0 Å². The summed E-state index contributed by atoms with van der Waals surface area (Å²) >= 11 is 0. The van der Waals surface area contributed by atoms with Gasteiger partial charge < -0.3 is 19.0 Å². The second-order valence-corrected chi connectivity index (χ2v) is 7.51. The number of ether oxygens (including phenoxy) is 1. The van der Waals surface area contributed by atoms with Gasteiger partial charge in [-0.2, -0.15) is 0 Å². The molecule has 0 unspecified atom stereocenters. The van der Waals surface area contributed by atoms with Crippen LogP contribution in [0.3, 0.4) is 0 Å². The van der Waals surface area contributed by atoms with Gasteiger partial charge in [-0.3, -0.25) is 9.59 Å². The summed E-state index contributed by atoms with van der Waals surface area (Å²) in [5.74, 6) is 1.43. The average Bonchev–Trinajstić information content (AvgIpc) is 3.38. The number of furan rings is 1. The van der Waals surface area contributed by atoms with Crippen molar-refractivity contribution >= 4 is 11.8 Å². The normalized spacial score (nSPS) is 16.0. The third kappa shape index (κ3) is 6.19. The van der Waals surface area contributed by atoms with Gasteiger partial charge in [0.05, 0.1) is 19.2 Å². The first-order chi connectivity index (χ1) is 14.0. The molecule has 6 nitrogen and oxygen atoms in total. The van der Waals surface area contributed by atoms with Crippen LogP contribution in [-0.4, -0.2) is 47.4 Å². The van der Waals surface area contributed by atoms with Crippen molar-refractivity contribution in [2.45, 2.75) is 52.3 Å². The molecule has 1 aromatic heterocycles. The molecule has 0 N–H and O–H groups in total. The highest BCUT2D eigenvalue weighted by Crippen LogP contribution is 2.16. The van der Waals surface area contributed by atoms with E-state index in [-0.39, 0.29) is 24.5 Å². The van der Waals surface area contributed by atoms with Crippen molar-refractivity contribution in [3.8, 4) is 0 Å². The van der Waals surface area contributed by atoms with Crippen LogP contribution in [-0.2, 0) is 27.4 Å². The Morgan fingerprint density at radius 3 is 2.45 bits per heavy atom. The minimum Gasteiger partial charge on any atom is -0.464 e. The van der Waals surface area contributed by atoms with Crippen molar-refractivity contribution in [1.82, 2.24) is 9.80 Å². The molecule has 0 saturated carbocycles. The van der Waals surface area contributed by atoms with Crippen molar-refractivity contribution in [1.29, 1.82) is 0 Å². The number of hydrogen-bond acceptors (Lipinski definition) is 4. The van der Waals surface area contributed by atoms with Crippen molar-refractivity contribution < 1.29 is 18.7 Å². The lowest BCUT2D eigenvalue weighted by Crippen LogP contribution is -2.45. The van der Waals surface area contributed by atoms with E-state index in [1.807, 2.05) is 56.3 Å². The van der Waals surface area contributed by atoms with Crippen LogP contribution in [0, 0.1) is 6.92 Å². The van der Waals surface area contributed by atoms with Gasteiger partial charge in [0.2, 0.25) is 11.8 Å². The van der Waals surface area contributed by atoms with E-state index in [4.69, 9.17) is 9.15 Å². The predicted octanol–water partition coefficient (Wildman–Crippen LogP) is 3.53. The molecule has 3 rings (SSSR count). The number of carbonyl (C=O) groups is 2. The van der Waals surface area contributed by atoms with E-state index in [9.17, 15) is 9.59 Å². The van der Waals surface area contributed by atoms with E-state index in [0.717, 1.165) is 36.5 Å². The minimum atomic E-state index is -0.0947. The summed E-state index contributed by atoms with van der Waals surface area (Å²) in [4.78, 5) is 29.1. The van der Waals surface area contributed by atoms with Gasteiger partial charge in [-0.1, -0.05) is 37.3 Å². The van der Waals surface area contributed by atoms with E-state index in [1.165, 1.54) is 0 Å². The number of nitrogens with zero attached hydrogens (tertiary/aromatic N) is 2. The summed E-state index contributed by atoms with van der Waals surface area (Å²) in [5.41, 5.74) is 1.04. The van der Waals surface area contributed by atoms with Crippen LogP contribution < -0.4 is 0 Å². The monoisotopic (exact) mass is 398 g/mol. The predicted molar refractivity (Wildman–Crippen MR) is 110 cm³/mol. The van der Waals surface area contributed by atoms with Crippen molar-refractivity contribution in [3.63, 3.8) is 0 Å². The maximum atomic E-state index is 13.2. The van der Waals surface area contributed by atoms with Gasteiger partial charge in [0.1, 0.15) is 11.5 Å². The van der Waals surface area contributed by atoms with Crippen LogP contribution in [0.2, 0.25) is 0 Å². The molecule has 0 aliphatic carbocycles. The van der Waals surface area contributed by atoms with Crippen LogP contribution in [0.25, 0.3) is 0 Å². The molecule has 0 bridgehead atoms. The van der Waals surface area contributed by atoms with Crippen LogP contribution in [0.5, 0.6) is 0 Å². The zero-order chi connectivity index (χ0) is 20.6.